The van der Waals surface area contributed by atoms with E-state index in [1.165, 1.54) is 5.56 Å². The molecule has 0 spiro atoms. The topological polar surface area (TPSA) is 29.5 Å². The van der Waals surface area contributed by atoms with Gasteiger partial charge in [-0.25, -0.2) is 0 Å². The van der Waals surface area contributed by atoms with Crippen LogP contribution in [-0.4, -0.2) is 17.3 Å². The van der Waals surface area contributed by atoms with E-state index in [9.17, 15) is 5.11 Å². The highest BCUT2D eigenvalue weighted by molar-refractivity contribution is 5.28. The van der Waals surface area contributed by atoms with E-state index < -0.39 is 0 Å². The number of aliphatic hydroxyl groups excluding tert-OH is 1. The first-order valence-corrected chi connectivity index (χ1v) is 6.53. The molecule has 1 aromatic carbocycles. The number of rotatable bonds is 4. The second-order valence-corrected chi connectivity index (χ2v) is 5.21. The quantitative estimate of drug-likeness (QED) is 0.867. The summed E-state index contributed by atoms with van der Waals surface area (Å²) in [4.78, 5) is 0. The summed E-state index contributed by atoms with van der Waals surface area (Å²) < 4.78 is 5.97. The SMILES string of the molecule is CCc1ccc(OC2CC(O)C2(C)CC)cc1. The number of hydrogen-bond donors (Lipinski definition) is 1. The van der Waals surface area contributed by atoms with Crippen LogP contribution in [0.25, 0.3) is 0 Å². The van der Waals surface area contributed by atoms with E-state index in [0.717, 1.165) is 25.0 Å². The molecule has 1 saturated carbocycles. The number of ether oxygens (including phenoxy) is 1. The Bertz CT molecular complexity index is 371. The molecule has 0 aromatic heterocycles. The zero-order valence-electron chi connectivity index (χ0n) is 10.9. The van der Waals surface area contributed by atoms with Gasteiger partial charge in [-0.1, -0.05) is 32.9 Å². The van der Waals surface area contributed by atoms with Gasteiger partial charge in [0.25, 0.3) is 0 Å². The summed E-state index contributed by atoms with van der Waals surface area (Å²) >= 11 is 0. The lowest BCUT2D eigenvalue weighted by atomic mass is 9.63. The van der Waals surface area contributed by atoms with Crippen LogP contribution in [0.15, 0.2) is 24.3 Å². The highest BCUT2D eigenvalue weighted by atomic mass is 16.5. The maximum Gasteiger partial charge on any atom is 0.119 e. The van der Waals surface area contributed by atoms with E-state index in [2.05, 4.69) is 32.9 Å². The van der Waals surface area contributed by atoms with Crippen LogP contribution < -0.4 is 4.74 Å². The number of aliphatic hydroxyl groups is 1. The third-order valence-corrected chi connectivity index (χ3v) is 4.31. The van der Waals surface area contributed by atoms with Crippen molar-refractivity contribution < 1.29 is 9.84 Å². The Kier molecular flexibility index (Phi) is 3.43. The molecule has 1 N–H and O–H groups in total. The summed E-state index contributed by atoms with van der Waals surface area (Å²) in [5, 5.41) is 9.82. The van der Waals surface area contributed by atoms with Crippen LogP contribution in [-0.2, 0) is 6.42 Å². The van der Waals surface area contributed by atoms with Crippen molar-refractivity contribution in [3.05, 3.63) is 29.8 Å². The van der Waals surface area contributed by atoms with Gasteiger partial charge in [-0.3, -0.25) is 0 Å². The van der Waals surface area contributed by atoms with Crippen LogP contribution in [0.1, 0.15) is 39.2 Å². The minimum Gasteiger partial charge on any atom is -0.490 e. The lowest BCUT2D eigenvalue weighted by Gasteiger charge is -2.50. The summed E-state index contributed by atoms with van der Waals surface area (Å²) in [6, 6.07) is 8.26. The molecule has 2 nitrogen and oxygen atoms in total. The fraction of sp³-hybridized carbons (Fsp3) is 0.600. The molecule has 0 saturated heterocycles. The van der Waals surface area contributed by atoms with Crippen LogP contribution in [0.5, 0.6) is 5.75 Å². The fourth-order valence-electron chi connectivity index (χ4n) is 2.41. The molecule has 0 amide bonds. The monoisotopic (exact) mass is 234 g/mol. The first-order valence-electron chi connectivity index (χ1n) is 6.53. The van der Waals surface area contributed by atoms with Crippen LogP contribution in [0.3, 0.4) is 0 Å². The second-order valence-electron chi connectivity index (χ2n) is 5.21. The largest absolute Gasteiger partial charge is 0.490 e. The van der Waals surface area contributed by atoms with Gasteiger partial charge >= 0.3 is 0 Å². The maximum absolute atomic E-state index is 9.82. The summed E-state index contributed by atoms with van der Waals surface area (Å²) in [5.41, 5.74) is 1.24. The zero-order chi connectivity index (χ0) is 12.5. The van der Waals surface area contributed by atoms with Gasteiger partial charge in [-0.15, -0.1) is 0 Å². The van der Waals surface area contributed by atoms with E-state index in [-0.39, 0.29) is 17.6 Å². The molecule has 1 fully saturated rings. The molecule has 2 heteroatoms. The molecule has 0 radical (unpaired) electrons. The average molecular weight is 234 g/mol. The van der Waals surface area contributed by atoms with Crippen LogP contribution in [0.2, 0.25) is 0 Å². The van der Waals surface area contributed by atoms with Gasteiger partial charge in [-0.05, 0) is 30.5 Å². The van der Waals surface area contributed by atoms with E-state index in [0.29, 0.717) is 0 Å². The van der Waals surface area contributed by atoms with Crippen LogP contribution in [0, 0.1) is 5.41 Å². The van der Waals surface area contributed by atoms with Crippen LogP contribution in [0.4, 0.5) is 0 Å². The predicted octanol–water partition coefficient (Wildman–Crippen LogP) is 3.18. The summed E-state index contributed by atoms with van der Waals surface area (Å²) in [6.07, 6.45) is 2.68. The van der Waals surface area contributed by atoms with Crippen molar-refractivity contribution in [3.63, 3.8) is 0 Å². The third-order valence-electron chi connectivity index (χ3n) is 4.31. The lowest BCUT2D eigenvalue weighted by Crippen LogP contribution is -2.57. The Morgan fingerprint density at radius 1 is 1.29 bits per heavy atom. The molecule has 1 aromatic rings. The Hall–Kier alpha value is -1.02. The van der Waals surface area contributed by atoms with E-state index in [1.54, 1.807) is 0 Å². The highest BCUT2D eigenvalue weighted by Crippen LogP contribution is 2.45. The number of hydrogen-bond acceptors (Lipinski definition) is 2. The molecular formula is C15H22O2. The van der Waals surface area contributed by atoms with E-state index in [4.69, 9.17) is 4.74 Å². The molecule has 0 aliphatic heterocycles. The predicted molar refractivity (Wildman–Crippen MR) is 69.3 cm³/mol. The van der Waals surface area contributed by atoms with Crippen molar-refractivity contribution in [1.82, 2.24) is 0 Å². The Morgan fingerprint density at radius 2 is 1.94 bits per heavy atom. The molecule has 3 unspecified atom stereocenters. The molecular weight excluding hydrogens is 212 g/mol. The van der Waals surface area contributed by atoms with Gasteiger partial charge in [0.1, 0.15) is 11.9 Å². The van der Waals surface area contributed by atoms with Crippen molar-refractivity contribution in [2.24, 2.45) is 5.41 Å². The Balaban J connectivity index is 2.02. The molecule has 2 rings (SSSR count). The molecule has 0 heterocycles. The molecule has 0 bridgehead atoms. The zero-order valence-corrected chi connectivity index (χ0v) is 10.9. The molecule has 1 aliphatic carbocycles. The van der Waals surface area contributed by atoms with Gasteiger partial charge < -0.3 is 9.84 Å². The summed E-state index contributed by atoms with van der Waals surface area (Å²) in [7, 11) is 0. The summed E-state index contributed by atoms with van der Waals surface area (Å²) in [6.45, 7) is 6.36. The van der Waals surface area contributed by atoms with Crippen molar-refractivity contribution in [2.45, 2.75) is 52.2 Å². The third kappa shape index (κ3) is 2.19. The highest BCUT2D eigenvalue weighted by Gasteiger charge is 2.51. The average Bonchev–Trinajstić information content (AvgIpc) is 2.38. The van der Waals surface area contributed by atoms with Crippen molar-refractivity contribution in [3.8, 4) is 5.75 Å². The standard InChI is InChI=1S/C15H22O2/c1-4-11-6-8-12(9-7-11)17-14-10-13(16)15(14,3)5-2/h6-9,13-14,16H,4-5,10H2,1-3H3. The lowest BCUT2D eigenvalue weighted by molar-refractivity contribution is -0.147. The first-order chi connectivity index (χ1) is 8.10. The Morgan fingerprint density at radius 3 is 2.41 bits per heavy atom. The minimum atomic E-state index is -0.215. The Labute approximate surface area is 104 Å². The van der Waals surface area contributed by atoms with Gasteiger partial charge in [0.15, 0.2) is 0 Å². The minimum absolute atomic E-state index is 0.0799. The van der Waals surface area contributed by atoms with Crippen molar-refractivity contribution >= 4 is 0 Å². The van der Waals surface area contributed by atoms with Gasteiger partial charge in [0.05, 0.1) is 6.10 Å². The molecule has 3 atom stereocenters. The van der Waals surface area contributed by atoms with Crippen molar-refractivity contribution in [1.29, 1.82) is 0 Å². The van der Waals surface area contributed by atoms with Gasteiger partial charge in [0.2, 0.25) is 0 Å². The second kappa shape index (κ2) is 4.69. The van der Waals surface area contributed by atoms with Gasteiger partial charge in [-0.2, -0.15) is 0 Å². The normalized spacial score (nSPS) is 32.0. The molecule has 17 heavy (non-hydrogen) atoms. The molecule has 94 valence electrons. The summed E-state index contributed by atoms with van der Waals surface area (Å²) in [5.74, 6) is 0.916. The van der Waals surface area contributed by atoms with Crippen molar-refractivity contribution in [2.75, 3.05) is 0 Å². The van der Waals surface area contributed by atoms with E-state index >= 15 is 0 Å². The van der Waals surface area contributed by atoms with E-state index in [1.807, 2.05) is 12.1 Å². The van der Waals surface area contributed by atoms with Gasteiger partial charge in [0, 0.05) is 11.8 Å². The van der Waals surface area contributed by atoms with Crippen LogP contribution >= 0.6 is 0 Å². The number of benzene rings is 1. The first kappa shape index (κ1) is 12.4. The maximum atomic E-state index is 9.82. The fourth-order valence-corrected chi connectivity index (χ4v) is 2.41. The molecule has 1 aliphatic rings. The smallest absolute Gasteiger partial charge is 0.119 e. The number of aryl methyl sites for hydroxylation is 1.